The molecule has 1 aliphatic carbocycles. The number of anilines is 1. The number of rotatable bonds is 4. The number of amides is 1. The van der Waals surface area contributed by atoms with E-state index in [1.165, 1.54) is 0 Å². The minimum absolute atomic E-state index is 0.0571. The highest BCUT2D eigenvalue weighted by atomic mass is 16.1. The summed E-state index contributed by atoms with van der Waals surface area (Å²) in [6.07, 6.45) is 8.64. The third kappa shape index (κ3) is 3.18. The minimum Gasteiger partial charge on any atom is -0.326 e. The molecule has 1 aliphatic rings. The van der Waals surface area contributed by atoms with Crippen LogP contribution in [0.3, 0.4) is 0 Å². The second-order valence-corrected chi connectivity index (χ2v) is 5.36. The molecule has 0 bridgehead atoms. The number of aromatic nitrogens is 3. The lowest BCUT2D eigenvalue weighted by Gasteiger charge is -2.09. The predicted molar refractivity (Wildman–Crippen MR) is 81.5 cm³/mol. The maximum absolute atomic E-state index is 12.1. The van der Waals surface area contributed by atoms with Crippen LogP contribution in [0, 0.1) is 5.92 Å². The van der Waals surface area contributed by atoms with E-state index >= 15 is 0 Å². The summed E-state index contributed by atoms with van der Waals surface area (Å²) in [6, 6.07) is 7.68. The molecule has 1 atom stereocenters. The lowest BCUT2D eigenvalue weighted by molar-refractivity contribution is -0.116. The van der Waals surface area contributed by atoms with Gasteiger partial charge in [-0.1, -0.05) is 24.3 Å². The minimum atomic E-state index is 0.0571. The largest absolute Gasteiger partial charge is 0.326 e. The Balaban J connectivity index is 1.70. The highest BCUT2D eigenvalue weighted by molar-refractivity contribution is 5.91. The number of hydrogen-bond donors (Lipinski definition) is 1. The molecule has 108 valence electrons. The zero-order chi connectivity index (χ0) is 14.7. The Morgan fingerprint density at radius 3 is 3.10 bits per heavy atom. The molecule has 0 aliphatic heterocycles. The Morgan fingerprint density at radius 1 is 1.48 bits per heavy atom. The van der Waals surface area contributed by atoms with Gasteiger partial charge in [-0.2, -0.15) is 0 Å². The van der Waals surface area contributed by atoms with Crippen LogP contribution in [0.1, 0.15) is 19.3 Å². The number of benzene rings is 1. The van der Waals surface area contributed by atoms with E-state index in [9.17, 15) is 4.79 Å². The third-order valence-electron chi connectivity index (χ3n) is 3.68. The van der Waals surface area contributed by atoms with E-state index < -0.39 is 0 Å². The van der Waals surface area contributed by atoms with Crippen LogP contribution in [0.4, 0.5) is 5.69 Å². The van der Waals surface area contributed by atoms with Crippen LogP contribution < -0.4 is 5.32 Å². The molecule has 1 unspecified atom stereocenters. The van der Waals surface area contributed by atoms with Gasteiger partial charge >= 0.3 is 0 Å². The van der Waals surface area contributed by atoms with Crippen LogP contribution in [0.2, 0.25) is 0 Å². The molecule has 0 spiro atoms. The van der Waals surface area contributed by atoms with Gasteiger partial charge in [0.05, 0.1) is 0 Å². The maximum atomic E-state index is 12.1. The highest BCUT2D eigenvalue weighted by Crippen LogP contribution is 2.23. The van der Waals surface area contributed by atoms with Gasteiger partial charge in [-0.3, -0.25) is 4.79 Å². The van der Waals surface area contributed by atoms with E-state index in [1.807, 2.05) is 35.9 Å². The van der Waals surface area contributed by atoms with Crippen molar-refractivity contribution in [2.75, 3.05) is 5.32 Å². The van der Waals surface area contributed by atoms with Gasteiger partial charge in [0.2, 0.25) is 5.91 Å². The van der Waals surface area contributed by atoms with Crippen LogP contribution in [0.25, 0.3) is 11.4 Å². The van der Waals surface area contributed by atoms with Crippen molar-refractivity contribution in [2.45, 2.75) is 19.3 Å². The van der Waals surface area contributed by atoms with E-state index in [-0.39, 0.29) is 5.91 Å². The van der Waals surface area contributed by atoms with Crippen LogP contribution >= 0.6 is 0 Å². The number of carbonyl (C=O) groups excluding carboxylic acids is 1. The second kappa shape index (κ2) is 5.91. The normalized spacial score (nSPS) is 17.1. The Hall–Kier alpha value is -2.43. The quantitative estimate of drug-likeness (QED) is 0.877. The van der Waals surface area contributed by atoms with E-state index in [0.29, 0.717) is 12.3 Å². The summed E-state index contributed by atoms with van der Waals surface area (Å²) in [5.74, 6) is 1.22. The number of carbonyl (C=O) groups is 1. The number of nitrogens with zero attached hydrogens (tertiary/aromatic N) is 3. The maximum Gasteiger partial charge on any atom is 0.224 e. The monoisotopic (exact) mass is 282 g/mol. The summed E-state index contributed by atoms with van der Waals surface area (Å²) in [5.41, 5.74) is 1.73. The molecule has 0 saturated heterocycles. The smallest absolute Gasteiger partial charge is 0.224 e. The van der Waals surface area contributed by atoms with E-state index in [4.69, 9.17) is 0 Å². The average Bonchev–Trinajstić information content (AvgIpc) is 3.10. The van der Waals surface area contributed by atoms with E-state index in [2.05, 4.69) is 27.7 Å². The molecule has 1 heterocycles. The molecule has 5 nitrogen and oxygen atoms in total. The van der Waals surface area contributed by atoms with Crippen LogP contribution in [0.15, 0.2) is 42.7 Å². The fraction of sp³-hybridized carbons (Fsp3) is 0.312. The summed E-state index contributed by atoms with van der Waals surface area (Å²) in [6.45, 7) is 0. The SMILES string of the molecule is Cn1cnnc1-c1cccc(NC(=O)CC2C=CCC2)c1. The van der Waals surface area contributed by atoms with Crippen molar-refractivity contribution in [3.8, 4) is 11.4 Å². The number of nitrogens with one attached hydrogen (secondary N) is 1. The molecular weight excluding hydrogens is 264 g/mol. The Bertz CT molecular complexity index is 674. The predicted octanol–water partition coefficient (Wildman–Crippen LogP) is 2.78. The van der Waals surface area contributed by atoms with Crippen molar-refractivity contribution < 1.29 is 4.79 Å². The first kappa shape index (κ1) is 13.5. The first-order valence-electron chi connectivity index (χ1n) is 7.13. The van der Waals surface area contributed by atoms with E-state index in [1.54, 1.807) is 6.33 Å². The molecule has 1 N–H and O–H groups in total. The van der Waals surface area contributed by atoms with Gasteiger partial charge in [0.15, 0.2) is 5.82 Å². The molecule has 5 heteroatoms. The lowest BCUT2D eigenvalue weighted by Crippen LogP contribution is -2.14. The third-order valence-corrected chi connectivity index (χ3v) is 3.68. The van der Waals surface area contributed by atoms with E-state index in [0.717, 1.165) is 29.9 Å². The van der Waals surface area contributed by atoms with Gasteiger partial charge in [-0.25, -0.2) is 0 Å². The van der Waals surface area contributed by atoms with Gasteiger partial charge in [0.1, 0.15) is 6.33 Å². The van der Waals surface area contributed by atoms with Crippen LogP contribution in [-0.4, -0.2) is 20.7 Å². The second-order valence-electron chi connectivity index (χ2n) is 5.36. The molecule has 21 heavy (non-hydrogen) atoms. The van der Waals surface area contributed by atoms with Gasteiger partial charge in [0, 0.05) is 24.7 Å². The van der Waals surface area contributed by atoms with Crippen molar-refractivity contribution in [1.82, 2.24) is 14.8 Å². The fourth-order valence-electron chi connectivity index (χ4n) is 2.60. The summed E-state index contributed by atoms with van der Waals surface area (Å²) >= 11 is 0. The number of hydrogen-bond acceptors (Lipinski definition) is 3. The molecule has 3 rings (SSSR count). The summed E-state index contributed by atoms with van der Waals surface area (Å²) in [5, 5.41) is 10.9. The lowest BCUT2D eigenvalue weighted by atomic mass is 10.0. The standard InChI is InChI=1S/C16H18N4O/c1-20-11-17-19-16(20)13-7-4-8-14(10-13)18-15(21)9-12-5-2-3-6-12/h2,4-5,7-8,10-12H,3,6,9H2,1H3,(H,18,21). The van der Waals surface area contributed by atoms with Crippen molar-refractivity contribution in [3.63, 3.8) is 0 Å². The van der Waals surface area contributed by atoms with Crippen molar-refractivity contribution in [3.05, 3.63) is 42.7 Å². The van der Waals surface area contributed by atoms with Gasteiger partial charge < -0.3 is 9.88 Å². The Morgan fingerprint density at radius 2 is 2.38 bits per heavy atom. The molecular formula is C16H18N4O. The Labute approximate surface area is 123 Å². The van der Waals surface area contributed by atoms with Gasteiger partial charge in [-0.15, -0.1) is 10.2 Å². The van der Waals surface area contributed by atoms with Crippen molar-refractivity contribution in [2.24, 2.45) is 13.0 Å². The molecule has 0 saturated carbocycles. The molecule has 0 fully saturated rings. The first-order chi connectivity index (χ1) is 10.2. The number of aryl methyl sites for hydroxylation is 1. The number of allylic oxidation sites excluding steroid dienone is 2. The molecule has 0 radical (unpaired) electrons. The molecule has 2 aromatic rings. The first-order valence-corrected chi connectivity index (χ1v) is 7.13. The highest BCUT2D eigenvalue weighted by Gasteiger charge is 2.14. The zero-order valence-corrected chi connectivity index (χ0v) is 12.0. The zero-order valence-electron chi connectivity index (χ0n) is 12.0. The average molecular weight is 282 g/mol. The molecule has 1 aromatic heterocycles. The Kier molecular flexibility index (Phi) is 3.81. The van der Waals surface area contributed by atoms with Gasteiger partial charge in [-0.05, 0) is 30.9 Å². The summed E-state index contributed by atoms with van der Waals surface area (Å²) in [4.78, 5) is 12.1. The van der Waals surface area contributed by atoms with Gasteiger partial charge in [0.25, 0.3) is 0 Å². The molecule has 1 aromatic carbocycles. The summed E-state index contributed by atoms with van der Waals surface area (Å²) < 4.78 is 1.85. The van der Waals surface area contributed by atoms with Crippen LogP contribution in [-0.2, 0) is 11.8 Å². The van der Waals surface area contributed by atoms with Crippen molar-refractivity contribution in [1.29, 1.82) is 0 Å². The molecule has 1 amide bonds. The summed E-state index contributed by atoms with van der Waals surface area (Å²) in [7, 11) is 1.90. The topological polar surface area (TPSA) is 59.8 Å². The van der Waals surface area contributed by atoms with Crippen molar-refractivity contribution >= 4 is 11.6 Å². The fourth-order valence-corrected chi connectivity index (χ4v) is 2.60. The van der Waals surface area contributed by atoms with Crippen LogP contribution in [0.5, 0.6) is 0 Å².